The van der Waals surface area contributed by atoms with Crippen LogP contribution in [0.5, 0.6) is 0 Å². The maximum atomic E-state index is 5.54. The maximum Gasteiger partial charge on any atom is 0.465 e. The smallest absolute Gasteiger partial charge is 0.380 e. The lowest BCUT2D eigenvalue weighted by Gasteiger charge is -2.39. The highest BCUT2D eigenvalue weighted by molar-refractivity contribution is 7.60. The number of hydrogen-bond donors (Lipinski definition) is 0. The van der Waals surface area contributed by atoms with E-state index in [1.807, 2.05) is 0 Å². The van der Waals surface area contributed by atoms with Crippen molar-refractivity contribution in [1.82, 2.24) is 0 Å². The van der Waals surface area contributed by atoms with E-state index < -0.39 is 15.4 Å². The average Bonchev–Trinajstić information content (AvgIpc) is 2.08. The molecular weight excluding hydrogens is 216 g/mol. The van der Waals surface area contributed by atoms with Gasteiger partial charge < -0.3 is 13.3 Å². The van der Waals surface area contributed by atoms with E-state index in [1.54, 1.807) is 21.3 Å². The van der Waals surface area contributed by atoms with Crippen molar-refractivity contribution in [1.29, 1.82) is 0 Å². The first kappa shape index (κ1) is 13.5. The normalized spacial score (nSPS) is 13.8. The van der Waals surface area contributed by atoms with Crippen LogP contribution in [0.15, 0.2) is 0 Å². The van der Waals surface area contributed by atoms with E-state index in [9.17, 15) is 0 Å². The van der Waals surface area contributed by atoms with Crippen LogP contribution in [0.2, 0.25) is 26.2 Å². The minimum absolute atomic E-state index is 0.378. The van der Waals surface area contributed by atoms with Crippen LogP contribution < -0.4 is 0 Å². The predicted octanol–water partition coefficient (Wildman–Crippen LogP) is 1.48. The van der Waals surface area contributed by atoms with Crippen molar-refractivity contribution in [3.05, 3.63) is 0 Å². The number of hydrogen-bond acceptors (Lipinski definition) is 3. The van der Waals surface area contributed by atoms with Crippen LogP contribution in [0.3, 0.4) is 0 Å². The Morgan fingerprint density at radius 1 is 0.846 bits per heavy atom. The molecule has 0 amide bonds. The molecule has 0 aliphatic carbocycles. The van der Waals surface area contributed by atoms with E-state index in [4.69, 9.17) is 13.3 Å². The van der Waals surface area contributed by atoms with Gasteiger partial charge in [0.2, 0.25) is 0 Å². The summed E-state index contributed by atoms with van der Waals surface area (Å²) in [4.78, 5) is 0. The Hall–Kier alpha value is 0.531. The molecule has 0 aromatic rings. The summed E-state index contributed by atoms with van der Waals surface area (Å²) in [7, 11) is 0.933. The molecular formula is C7H21O3Si3. The Bertz CT molecular complexity index is 149. The van der Waals surface area contributed by atoms with Crippen molar-refractivity contribution in [3.63, 3.8) is 0 Å². The summed E-state index contributed by atoms with van der Waals surface area (Å²) >= 11 is 0. The molecule has 0 bridgehead atoms. The van der Waals surface area contributed by atoms with Gasteiger partial charge in [-0.05, 0) is 0 Å². The van der Waals surface area contributed by atoms with Gasteiger partial charge in [0.25, 0.3) is 0 Å². The van der Waals surface area contributed by atoms with Crippen LogP contribution in [-0.4, -0.2) is 45.1 Å². The lowest BCUT2D eigenvalue weighted by Crippen LogP contribution is -2.70. The summed E-state index contributed by atoms with van der Waals surface area (Å²) in [6.07, 6.45) is 0. The predicted molar refractivity (Wildman–Crippen MR) is 61.7 cm³/mol. The fourth-order valence-corrected chi connectivity index (χ4v) is 18.7. The first-order chi connectivity index (χ1) is 5.88. The lowest BCUT2D eigenvalue weighted by atomic mass is 11.8. The van der Waals surface area contributed by atoms with E-state index in [0.29, 0.717) is 0 Å². The molecule has 0 unspecified atom stereocenters. The van der Waals surface area contributed by atoms with Crippen LogP contribution in [0.1, 0.15) is 0 Å². The summed E-state index contributed by atoms with van der Waals surface area (Å²) in [6, 6.07) is 0. The van der Waals surface area contributed by atoms with Crippen molar-refractivity contribution in [2.24, 2.45) is 0 Å². The Balaban J connectivity index is 4.91. The monoisotopic (exact) mass is 237 g/mol. The molecule has 0 saturated carbocycles. The molecule has 0 fully saturated rings. The third-order valence-corrected chi connectivity index (χ3v) is 29.7. The second-order valence-electron chi connectivity index (χ2n) is 3.79. The van der Waals surface area contributed by atoms with E-state index in [0.717, 1.165) is 0 Å². The van der Waals surface area contributed by atoms with Crippen molar-refractivity contribution >= 4 is 23.7 Å². The molecule has 1 radical (unpaired) electrons. The average molecular weight is 238 g/mol. The molecule has 79 valence electrons. The maximum absolute atomic E-state index is 5.54. The van der Waals surface area contributed by atoms with Gasteiger partial charge in [0.15, 0.2) is 0 Å². The van der Waals surface area contributed by atoms with Crippen molar-refractivity contribution in [3.8, 4) is 0 Å². The van der Waals surface area contributed by atoms with Gasteiger partial charge in [-0.25, -0.2) is 0 Å². The second kappa shape index (κ2) is 4.85. The second-order valence-corrected chi connectivity index (χ2v) is 25.2. The summed E-state index contributed by atoms with van der Waals surface area (Å²) in [5.41, 5.74) is 0. The Labute approximate surface area is 85.0 Å². The molecule has 13 heavy (non-hydrogen) atoms. The zero-order chi connectivity index (χ0) is 10.7. The first-order valence-electron chi connectivity index (χ1n) is 4.34. The van der Waals surface area contributed by atoms with Gasteiger partial charge >= 0.3 is 8.32 Å². The fourth-order valence-electron chi connectivity index (χ4n) is 1.32. The van der Waals surface area contributed by atoms with Crippen LogP contribution in [0.25, 0.3) is 0 Å². The van der Waals surface area contributed by atoms with Crippen LogP contribution in [0.4, 0.5) is 0 Å². The van der Waals surface area contributed by atoms with E-state index >= 15 is 0 Å². The molecule has 0 spiro atoms. The SMILES string of the molecule is CO[Si](OC)(OC)[Si](C)(C)[Si](C)C. The van der Waals surface area contributed by atoms with Crippen LogP contribution in [0, 0.1) is 0 Å². The minimum atomic E-state index is -2.32. The third kappa shape index (κ3) is 2.31. The Morgan fingerprint density at radius 3 is 1.23 bits per heavy atom. The summed E-state index contributed by atoms with van der Waals surface area (Å²) in [6.45, 7) is 9.25. The topological polar surface area (TPSA) is 27.7 Å². The molecule has 0 aliphatic rings. The minimum Gasteiger partial charge on any atom is -0.380 e. The van der Waals surface area contributed by atoms with Crippen molar-refractivity contribution in [2.75, 3.05) is 21.3 Å². The molecule has 0 aromatic carbocycles. The summed E-state index contributed by atoms with van der Waals surface area (Å²) < 4.78 is 16.6. The van der Waals surface area contributed by atoms with E-state index in [1.165, 1.54) is 0 Å². The molecule has 6 heteroatoms. The van der Waals surface area contributed by atoms with Gasteiger partial charge in [-0.15, -0.1) is 0 Å². The Morgan fingerprint density at radius 2 is 1.15 bits per heavy atom. The van der Waals surface area contributed by atoms with Gasteiger partial charge in [-0.2, -0.15) is 0 Å². The lowest BCUT2D eigenvalue weighted by molar-refractivity contribution is 0.146. The van der Waals surface area contributed by atoms with E-state index in [-0.39, 0.29) is 8.31 Å². The van der Waals surface area contributed by atoms with Gasteiger partial charge in [-0.3, -0.25) is 0 Å². The highest BCUT2D eigenvalue weighted by Gasteiger charge is 2.56. The first-order valence-corrected chi connectivity index (χ1v) is 13.6. The largest absolute Gasteiger partial charge is 0.465 e. The summed E-state index contributed by atoms with van der Waals surface area (Å²) in [5.74, 6) is 0. The van der Waals surface area contributed by atoms with Gasteiger partial charge in [0.05, 0.1) is 0 Å². The molecule has 3 nitrogen and oxygen atoms in total. The van der Waals surface area contributed by atoms with Gasteiger partial charge in [0, 0.05) is 29.6 Å². The molecule has 0 rings (SSSR count). The molecule has 0 N–H and O–H groups in total. The van der Waals surface area contributed by atoms with Gasteiger partial charge in [0.1, 0.15) is 7.11 Å². The van der Waals surface area contributed by atoms with Crippen molar-refractivity contribution in [2.45, 2.75) is 26.2 Å². The highest BCUT2D eigenvalue weighted by Crippen LogP contribution is 2.23. The molecule has 0 saturated heterocycles. The number of rotatable bonds is 5. The molecule has 0 heterocycles. The highest BCUT2D eigenvalue weighted by atomic mass is 29.6. The third-order valence-electron chi connectivity index (χ3n) is 2.82. The standard InChI is InChI=1S/C7H21O3Si3/c1-8-13(9-2,10-3)12(6,7)11(4)5/h1-7H3. The van der Waals surface area contributed by atoms with Crippen LogP contribution >= 0.6 is 0 Å². The molecule has 0 atom stereocenters. The fraction of sp³-hybridized carbons (Fsp3) is 1.00. The van der Waals surface area contributed by atoms with Gasteiger partial charge in [-0.1, -0.05) is 26.2 Å². The quantitative estimate of drug-likeness (QED) is 0.678. The zero-order valence-electron chi connectivity index (χ0n) is 9.72. The molecule has 0 aliphatic heterocycles. The molecule has 0 aromatic heterocycles. The van der Waals surface area contributed by atoms with E-state index in [2.05, 4.69) is 26.2 Å². The van der Waals surface area contributed by atoms with Crippen LogP contribution in [-0.2, 0) is 13.3 Å². The van der Waals surface area contributed by atoms with Crippen molar-refractivity contribution < 1.29 is 13.3 Å². The summed E-state index contributed by atoms with van der Waals surface area (Å²) in [5, 5.41) is 0. The Kier molecular flexibility index (Phi) is 5.05. The zero-order valence-corrected chi connectivity index (χ0v) is 12.7.